The van der Waals surface area contributed by atoms with E-state index in [0.29, 0.717) is 6.42 Å². The number of aryl methyl sites for hydroxylation is 1. The van der Waals surface area contributed by atoms with Crippen molar-refractivity contribution in [2.75, 3.05) is 0 Å². The Bertz CT molecular complexity index is 536. The summed E-state index contributed by atoms with van der Waals surface area (Å²) in [5.41, 5.74) is 4.29. The summed E-state index contributed by atoms with van der Waals surface area (Å²) in [6, 6.07) is 14.4. The van der Waals surface area contributed by atoms with Crippen LogP contribution in [-0.4, -0.2) is 4.98 Å². The van der Waals surface area contributed by atoms with Gasteiger partial charge in [0.25, 0.3) is 0 Å². The minimum Gasteiger partial charge on any atom is -0.256 e. The Morgan fingerprint density at radius 3 is 2.59 bits per heavy atom. The van der Waals surface area contributed by atoms with Crippen LogP contribution in [0.4, 0.5) is 0 Å². The van der Waals surface area contributed by atoms with E-state index in [1.165, 1.54) is 5.56 Å². The SMILES string of the molecule is CCc1ccc(-c2ncccc2CC#N)cc1. The molecule has 1 aromatic carbocycles. The summed E-state index contributed by atoms with van der Waals surface area (Å²) in [6.07, 6.45) is 3.20. The maximum Gasteiger partial charge on any atom is 0.0744 e. The van der Waals surface area contributed by atoms with Crippen LogP contribution in [0.1, 0.15) is 18.1 Å². The molecule has 1 heterocycles. The van der Waals surface area contributed by atoms with E-state index in [4.69, 9.17) is 5.26 Å². The van der Waals surface area contributed by atoms with Crippen molar-refractivity contribution in [1.29, 1.82) is 5.26 Å². The summed E-state index contributed by atoms with van der Waals surface area (Å²) in [5, 5.41) is 8.80. The zero-order chi connectivity index (χ0) is 12.1. The molecule has 2 nitrogen and oxygen atoms in total. The number of hydrogen-bond donors (Lipinski definition) is 0. The first-order valence-corrected chi connectivity index (χ1v) is 5.75. The summed E-state index contributed by atoms with van der Waals surface area (Å²) >= 11 is 0. The van der Waals surface area contributed by atoms with Gasteiger partial charge < -0.3 is 0 Å². The first-order valence-electron chi connectivity index (χ1n) is 5.75. The monoisotopic (exact) mass is 222 g/mol. The van der Waals surface area contributed by atoms with Crippen molar-refractivity contribution < 1.29 is 0 Å². The number of nitrogens with zero attached hydrogens (tertiary/aromatic N) is 2. The molecule has 0 saturated heterocycles. The molecule has 17 heavy (non-hydrogen) atoms. The molecule has 0 bridgehead atoms. The second-order valence-corrected chi connectivity index (χ2v) is 3.90. The topological polar surface area (TPSA) is 36.7 Å². The largest absolute Gasteiger partial charge is 0.256 e. The van der Waals surface area contributed by atoms with Gasteiger partial charge in [0.1, 0.15) is 0 Å². The van der Waals surface area contributed by atoms with E-state index in [1.807, 2.05) is 12.1 Å². The molecule has 0 atom stereocenters. The molecule has 0 amide bonds. The zero-order valence-electron chi connectivity index (χ0n) is 9.85. The Morgan fingerprint density at radius 2 is 1.94 bits per heavy atom. The van der Waals surface area contributed by atoms with Crippen molar-refractivity contribution in [1.82, 2.24) is 4.98 Å². The second-order valence-electron chi connectivity index (χ2n) is 3.90. The molecule has 0 aliphatic carbocycles. The predicted octanol–water partition coefficient (Wildman–Crippen LogP) is 3.38. The molecular formula is C15H14N2. The van der Waals surface area contributed by atoms with Crippen molar-refractivity contribution >= 4 is 0 Å². The van der Waals surface area contributed by atoms with Gasteiger partial charge in [-0.2, -0.15) is 5.26 Å². The van der Waals surface area contributed by atoms with Crippen LogP contribution in [0.25, 0.3) is 11.3 Å². The van der Waals surface area contributed by atoms with E-state index in [2.05, 4.69) is 42.2 Å². The van der Waals surface area contributed by atoms with Gasteiger partial charge in [0, 0.05) is 11.8 Å². The van der Waals surface area contributed by atoms with Crippen LogP contribution in [0.5, 0.6) is 0 Å². The van der Waals surface area contributed by atoms with E-state index >= 15 is 0 Å². The molecule has 0 aliphatic rings. The van der Waals surface area contributed by atoms with Gasteiger partial charge in [0.2, 0.25) is 0 Å². The van der Waals surface area contributed by atoms with Crippen molar-refractivity contribution in [2.45, 2.75) is 19.8 Å². The molecule has 0 aliphatic heterocycles. The summed E-state index contributed by atoms with van der Waals surface area (Å²) in [6.45, 7) is 2.14. The van der Waals surface area contributed by atoms with E-state index in [-0.39, 0.29) is 0 Å². The molecule has 1 aromatic heterocycles. The summed E-state index contributed by atoms with van der Waals surface area (Å²) in [4.78, 5) is 4.37. The van der Waals surface area contributed by atoms with Crippen LogP contribution in [0.2, 0.25) is 0 Å². The second kappa shape index (κ2) is 5.27. The maximum absolute atomic E-state index is 8.80. The summed E-state index contributed by atoms with van der Waals surface area (Å²) in [7, 11) is 0. The van der Waals surface area contributed by atoms with Gasteiger partial charge in [0.15, 0.2) is 0 Å². The molecule has 2 heteroatoms. The van der Waals surface area contributed by atoms with Gasteiger partial charge in [-0.05, 0) is 23.6 Å². The van der Waals surface area contributed by atoms with Gasteiger partial charge in [-0.3, -0.25) is 4.98 Å². The minimum absolute atomic E-state index is 0.401. The first kappa shape index (κ1) is 11.3. The average molecular weight is 222 g/mol. The number of pyridine rings is 1. The van der Waals surface area contributed by atoms with E-state index in [0.717, 1.165) is 23.2 Å². The van der Waals surface area contributed by atoms with Gasteiger partial charge in [-0.1, -0.05) is 37.3 Å². The fraction of sp³-hybridized carbons (Fsp3) is 0.200. The maximum atomic E-state index is 8.80. The lowest BCUT2D eigenvalue weighted by atomic mass is 10.0. The molecule has 2 rings (SSSR count). The molecule has 0 unspecified atom stereocenters. The fourth-order valence-corrected chi connectivity index (χ4v) is 1.82. The number of hydrogen-bond acceptors (Lipinski definition) is 2. The standard InChI is InChI=1S/C15H14N2/c1-2-12-5-7-14(8-6-12)15-13(9-10-16)4-3-11-17-15/h3-8,11H,2,9H2,1H3. The van der Waals surface area contributed by atoms with Crippen LogP contribution in [-0.2, 0) is 12.8 Å². The van der Waals surface area contributed by atoms with E-state index < -0.39 is 0 Å². The molecule has 0 saturated carbocycles. The molecule has 0 fully saturated rings. The molecule has 0 N–H and O–H groups in total. The highest BCUT2D eigenvalue weighted by Gasteiger charge is 2.05. The van der Waals surface area contributed by atoms with Crippen molar-refractivity contribution in [3.63, 3.8) is 0 Å². The average Bonchev–Trinajstić information content (AvgIpc) is 2.40. The van der Waals surface area contributed by atoms with Gasteiger partial charge in [0.05, 0.1) is 18.2 Å². The highest BCUT2D eigenvalue weighted by atomic mass is 14.7. The summed E-state index contributed by atoms with van der Waals surface area (Å²) < 4.78 is 0. The zero-order valence-corrected chi connectivity index (χ0v) is 9.85. The van der Waals surface area contributed by atoms with E-state index in [9.17, 15) is 0 Å². The summed E-state index contributed by atoms with van der Waals surface area (Å²) in [5.74, 6) is 0. The van der Waals surface area contributed by atoms with Crippen molar-refractivity contribution in [2.24, 2.45) is 0 Å². The lowest BCUT2D eigenvalue weighted by Crippen LogP contribution is -1.92. The Balaban J connectivity index is 2.41. The third kappa shape index (κ3) is 2.51. The van der Waals surface area contributed by atoms with Gasteiger partial charge in [-0.25, -0.2) is 0 Å². The molecule has 0 radical (unpaired) electrons. The molecule has 84 valence electrons. The Labute approximate surface area is 102 Å². The Hall–Kier alpha value is -2.14. The first-order chi connectivity index (χ1) is 8.35. The lowest BCUT2D eigenvalue weighted by molar-refractivity contribution is 1.14. The number of rotatable bonds is 3. The highest BCUT2D eigenvalue weighted by molar-refractivity contribution is 5.63. The van der Waals surface area contributed by atoms with Gasteiger partial charge in [-0.15, -0.1) is 0 Å². The van der Waals surface area contributed by atoms with Crippen LogP contribution < -0.4 is 0 Å². The van der Waals surface area contributed by atoms with Crippen LogP contribution in [0, 0.1) is 11.3 Å². The molecule has 2 aromatic rings. The lowest BCUT2D eigenvalue weighted by Gasteiger charge is -2.06. The van der Waals surface area contributed by atoms with Crippen LogP contribution >= 0.6 is 0 Å². The quantitative estimate of drug-likeness (QED) is 0.798. The smallest absolute Gasteiger partial charge is 0.0744 e. The third-order valence-electron chi connectivity index (χ3n) is 2.80. The third-order valence-corrected chi connectivity index (χ3v) is 2.80. The molecular weight excluding hydrogens is 208 g/mol. The van der Waals surface area contributed by atoms with E-state index in [1.54, 1.807) is 6.20 Å². The highest BCUT2D eigenvalue weighted by Crippen LogP contribution is 2.21. The minimum atomic E-state index is 0.401. The van der Waals surface area contributed by atoms with Crippen LogP contribution in [0.3, 0.4) is 0 Å². The number of nitriles is 1. The normalized spacial score (nSPS) is 9.88. The molecule has 0 spiro atoms. The number of benzene rings is 1. The number of aromatic nitrogens is 1. The Kier molecular flexibility index (Phi) is 3.52. The van der Waals surface area contributed by atoms with Crippen molar-refractivity contribution in [3.8, 4) is 17.3 Å². The van der Waals surface area contributed by atoms with Gasteiger partial charge >= 0.3 is 0 Å². The Morgan fingerprint density at radius 1 is 1.18 bits per heavy atom. The van der Waals surface area contributed by atoms with Crippen LogP contribution in [0.15, 0.2) is 42.6 Å². The predicted molar refractivity (Wildman–Crippen MR) is 68.4 cm³/mol. The van der Waals surface area contributed by atoms with Crippen molar-refractivity contribution in [3.05, 3.63) is 53.7 Å². The fourth-order valence-electron chi connectivity index (χ4n) is 1.82.